The van der Waals surface area contributed by atoms with Crippen molar-refractivity contribution < 1.29 is 0 Å². The molecule has 5 heteroatoms. The first-order chi connectivity index (χ1) is 8.25. The van der Waals surface area contributed by atoms with Gasteiger partial charge in [0, 0.05) is 24.2 Å². The fourth-order valence-electron chi connectivity index (χ4n) is 1.75. The van der Waals surface area contributed by atoms with E-state index in [2.05, 4.69) is 9.97 Å². The molecule has 0 aliphatic rings. The molecule has 84 valence electrons. The molecule has 4 nitrogen and oxygen atoms in total. The Morgan fingerprint density at radius 3 is 2.88 bits per heavy atom. The van der Waals surface area contributed by atoms with E-state index in [1.165, 1.54) is 0 Å². The highest BCUT2D eigenvalue weighted by atomic mass is 35.5. The summed E-state index contributed by atoms with van der Waals surface area (Å²) in [5, 5.41) is 0.624. The number of pyridine rings is 2. The van der Waals surface area contributed by atoms with Gasteiger partial charge in [-0.3, -0.25) is 9.38 Å². The maximum Gasteiger partial charge on any atom is 0.139 e. The molecule has 0 fully saturated rings. The van der Waals surface area contributed by atoms with Crippen LogP contribution in [0, 0.1) is 0 Å². The van der Waals surface area contributed by atoms with E-state index in [0.717, 1.165) is 16.9 Å². The molecule has 0 aromatic carbocycles. The zero-order chi connectivity index (χ0) is 11.8. The number of nitrogen functional groups attached to an aromatic ring is 1. The van der Waals surface area contributed by atoms with E-state index in [9.17, 15) is 0 Å². The molecule has 0 unspecified atom stereocenters. The van der Waals surface area contributed by atoms with Gasteiger partial charge in [0.05, 0.1) is 5.02 Å². The third-order valence-electron chi connectivity index (χ3n) is 2.55. The second-order valence-electron chi connectivity index (χ2n) is 3.66. The maximum absolute atomic E-state index is 6.05. The number of hydrogen-bond acceptors (Lipinski definition) is 3. The summed E-state index contributed by atoms with van der Waals surface area (Å²) >= 11 is 5.93. The molecule has 0 saturated carbocycles. The number of nitrogens with zero attached hydrogens (tertiary/aromatic N) is 3. The van der Waals surface area contributed by atoms with Crippen LogP contribution < -0.4 is 5.73 Å². The van der Waals surface area contributed by atoms with Crippen LogP contribution in [0.25, 0.3) is 16.9 Å². The Hall–Kier alpha value is -2.07. The van der Waals surface area contributed by atoms with Gasteiger partial charge < -0.3 is 5.73 Å². The zero-order valence-electron chi connectivity index (χ0n) is 8.84. The maximum atomic E-state index is 6.05. The largest absolute Gasteiger partial charge is 0.383 e. The average molecular weight is 245 g/mol. The summed E-state index contributed by atoms with van der Waals surface area (Å²) < 4.78 is 1.77. The van der Waals surface area contributed by atoms with Gasteiger partial charge in [-0.15, -0.1) is 0 Å². The molecule has 3 aromatic heterocycles. The van der Waals surface area contributed by atoms with Crippen LogP contribution in [0.5, 0.6) is 0 Å². The molecule has 0 radical (unpaired) electrons. The SMILES string of the molecule is Nc1c(-c2cccnc2)nc2ccc(Cl)cn12. The topological polar surface area (TPSA) is 56.2 Å². The van der Waals surface area contributed by atoms with Crippen molar-refractivity contribution in [2.75, 3.05) is 5.73 Å². The van der Waals surface area contributed by atoms with E-state index >= 15 is 0 Å². The third kappa shape index (κ3) is 1.62. The van der Waals surface area contributed by atoms with Crippen molar-refractivity contribution in [3.05, 3.63) is 47.9 Å². The average Bonchev–Trinajstić information content (AvgIpc) is 2.68. The molecule has 17 heavy (non-hydrogen) atoms. The number of rotatable bonds is 1. The number of aromatic nitrogens is 3. The summed E-state index contributed by atoms with van der Waals surface area (Å²) in [4.78, 5) is 8.52. The zero-order valence-corrected chi connectivity index (χ0v) is 9.59. The van der Waals surface area contributed by atoms with Gasteiger partial charge in [0.2, 0.25) is 0 Å². The molecule has 0 bridgehead atoms. The Morgan fingerprint density at radius 2 is 2.12 bits per heavy atom. The molecule has 0 amide bonds. The Bertz CT molecular complexity index is 676. The lowest BCUT2D eigenvalue weighted by Gasteiger charge is -1.98. The minimum atomic E-state index is 0.565. The first-order valence-electron chi connectivity index (χ1n) is 5.09. The van der Waals surface area contributed by atoms with E-state index in [1.807, 2.05) is 18.2 Å². The third-order valence-corrected chi connectivity index (χ3v) is 2.78. The Morgan fingerprint density at radius 1 is 1.24 bits per heavy atom. The van der Waals surface area contributed by atoms with E-state index in [4.69, 9.17) is 17.3 Å². The Labute approximate surface area is 103 Å². The monoisotopic (exact) mass is 244 g/mol. The van der Waals surface area contributed by atoms with Crippen molar-refractivity contribution in [1.29, 1.82) is 0 Å². The fraction of sp³-hybridized carbons (Fsp3) is 0. The van der Waals surface area contributed by atoms with Crippen LogP contribution >= 0.6 is 11.6 Å². The quantitative estimate of drug-likeness (QED) is 0.716. The van der Waals surface area contributed by atoms with Crippen molar-refractivity contribution in [3.8, 4) is 11.3 Å². The lowest BCUT2D eigenvalue weighted by molar-refractivity contribution is 1.20. The predicted molar refractivity (Wildman–Crippen MR) is 67.8 cm³/mol. The van der Waals surface area contributed by atoms with Crippen molar-refractivity contribution >= 4 is 23.1 Å². The summed E-state index contributed by atoms with van der Waals surface area (Å²) in [6.45, 7) is 0. The number of nitrogens with two attached hydrogens (primary N) is 1. The summed E-state index contributed by atoms with van der Waals surface area (Å²) in [6, 6.07) is 7.40. The number of fused-ring (bicyclic) bond motifs is 1. The standard InChI is InChI=1S/C12H9ClN4/c13-9-3-4-10-16-11(12(14)17(10)7-9)8-2-1-5-15-6-8/h1-7H,14H2. The molecule has 0 aliphatic heterocycles. The second-order valence-corrected chi connectivity index (χ2v) is 4.10. The normalized spacial score (nSPS) is 10.9. The summed E-state index contributed by atoms with van der Waals surface area (Å²) in [6.07, 6.45) is 5.20. The number of halogens is 1. The highest BCUT2D eigenvalue weighted by Gasteiger charge is 2.11. The first-order valence-corrected chi connectivity index (χ1v) is 5.47. The lowest BCUT2D eigenvalue weighted by atomic mass is 10.2. The van der Waals surface area contributed by atoms with Crippen molar-refractivity contribution in [2.45, 2.75) is 0 Å². The smallest absolute Gasteiger partial charge is 0.139 e. The fourth-order valence-corrected chi connectivity index (χ4v) is 1.91. The number of hydrogen-bond donors (Lipinski definition) is 1. The van der Waals surface area contributed by atoms with Gasteiger partial charge in [-0.2, -0.15) is 0 Å². The van der Waals surface area contributed by atoms with Crippen molar-refractivity contribution in [3.63, 3.8) is 0 Å². The highest BCUT2D eigenvalue weighted by molar-refractivity contribution is 6.30. The van der Waals surface area contributed by atoms with E-state index < -0.39 is 0 Å². The molecule has 3 rings (SSSR count). The molecular formula is C12H9ClN4. The van der Waals surface area contributed by atoms with Crippen LogP contribution in [0.4, 0.5) is 5.82 Å². The van der Waals surface area contributed by atoms with Gasteiger partial charge in [0.25, 0.3) is 0 Å². The van der Waals surface area contributed by atoms with Gasteiger partial charge in [0.15, 0.2) is 0 Å². The Balaban J connectivity index is 2.28. The second kappa shape index (κ2) is 3.75. The summed E-state index contributed by atoms with van der Waals surface area (Å²) in [7, 11) is 0. The van der Waals surface area contributed by atoms with Gasteiger partial charge in [-0.05, 0) is 24.3 Å². The van der Waals surface area contributed by atoms with Crippen LogP contribution in [0.2, 0.25) is 5.02 Å². The van der Waals surface area contributed by atoms with E-state index in [1.54, 1.807) is 29.1 Å². The molecule has 0 spiro atoms. The minimum Gasteiger partial charge on any atom is -0.383 e. The summed E-state index contributed by atoms with van der Waals surface area (Å²) in [5.74, 6) is 0.565. The number of anilines is 1. The molecule has 3 aromatic rings. The molecule has 0 saturated heterocycles. The van der Waals surface area contributed by atoms with Gasteiger partial charge in [0.1, 0.15) is 17.2 Å². The lowest BCUT2D eigenvalue weighted by Crippen LogP contribution is -1.93. The minimum absolute atomic E-state index is 0.565. The molecule has 2 N–H and O–H groups in total. The van der Waals surface area contributed by atoms with Crippen LogP contribution in [0.3, 0.4) is 0 Å². The van der Waals surface area contributed by atoms with Crippen LogP contribution in [0.15, 0.2) is 42.9 Å². The van der Waals surface area contributed by atoms with Crippen LogP contribution in [-0.2, 0) is 0 Å². The Kier molecular flexibility index (Phi) is 2.23. The van der Waals surface area contributed by atoms with Gasteiger partial charge in [-0.1, -0.05) is 11.6 Å². The van der Waals surface area contributed by atoms with Crippen molar-refractivity contribution in [1.82, 2.24) is 14.4 Å². The predicted octanol–water partition coefficient (Wildman–Crippen LogP) is 2.63. The van der Waals surface area contributed by atoms with Crippen LogP contribution in [-0.4, -0.2) is 14.4 Å². The van der Waals surface area contributed by atoms with Gasteiger partial charge >= 0.3 is 0 Å². The van der Waals surface area contributed by atoms with Crippen LogP contribution in [0.1, 0.15) is 0 Å². The first kappa shape index (κ1) is 10.1. The van der Waals surface area contributed by atoms with Gasteiger partial charge in [-0.25, -0.2) is 4.98 Å². The number of imidazole rings is 1. The van der Waals surface area contributed by atoms with E-state index in [0.29, 0.717) is 10.8 Å². The summed E-state index contributed by atoms with van der Waals surface area (Å²) in [5.41, 5.74) is 8.44. The highest BCUT2D eigenvalue weighted by Crippen LogP contribution is 2.26. The molecule has 0 atom stereocenters. The molecule has 3 heterocycles. The molecular weight excluding hydrogens is 236 g/mol. The molecule has 0 aliphatic carbocycles. The van der Waals surface area contributed by atoms with E-state index in [-0.39, 0.29) is 0 Å². The van der Waals surface area contributed by atoms with Crippen molar-refractivity contribution in [2.24, 2.45) is 0 Å².